The van der Waals surface area contributed by atoms with E-state index in [-0.39, 0.29) is 12.6 Å². The molecule has 0 unspecified atom stereocenters. The Balaban J connectivity index is 1.78. The maximum atomic E-state index is 11.9. The Kier molecular flexibility index (Phi) is 19.9. The summed E-state index contributed by atoms with van der Waals surface area (Å²) >= 11 is 0. The molecule has 1 aliphatic rings. The molecule has 6 nitrogen and oxygen atoms in total. The Morgan fingerprint density at radius 1 is 0.676 bits per heavy atom. The number of carbonyl (C=O) groups excluding carboxylic acids is 1. The van der Waals surface area contributed by atoms with Crippen LogP contribution in [-0.4, -0.2) is 54.5 Å². The zero-order valence-corrected chi connectivity index (χ0v) is 22.2. The second-order valence-electron chi connectivity index (χ2n) is 10.1. The average molecular weight is 487 g/mol. The first-order chi connectivity index (χ1) is 16.6. The van der Waals surface area contributed by atoms with Crippen molar-refractivity contribution in [1.29, 1.82) is 0 Å². The standard InChI is InChI=1S/C28H54O6/c1-3-4-5-6-7-8-9-10-11-12-13-14-15-16-17-18-19-20-21-22-25(29)33-23-24-26(30)27(31)28(32-2)34-24/h24,26-28,30-31H,3-23H2,1-2H3/t24-,26-,27+,28+/m1/s1. The Bertz CT molecular complexity index is 472. The van der Waals surface area contributed by atoms with Crippen molar-refractivity contribution in [2.24, 2.45) is 0 Å². The van der Waals surface area contributed by atoms with Gasteiger partial charge in [-0.15, -0.1) is 0 Å². The van der Waals surface area contributed by atoms with Crippen LogP contribution in [0.2, 0.25) is 0 Å². The number of hydrogen-bond donors (Lipinski definition) is 2. The van der Waals surface area contributed by atoms with E-state index in [0.717, 1.165) is 19.3 Å². The van der Waals surface area contributed by atoms with Gasteiger partial charge in [0.05, 0.1) is 0 Å². The smallest absolute Gasteiger partial charge is 0.305 e. The molecule has 34 heavy (non-hydrogen) atoms. The van der Waals surface area contributed by atoms with Gasteiger partial charge in [-0.25, -0.2) is 0 Å². The molecule has 4 atom stereocenters. The monoisotopic (exact) mass is 486 g/mol. The lowest BCUT2D eigenvalue weighted by atomic mass is 10.0. The third-order valence-electron chi connectivity index (χ3n) is 6.94. The van der Waals surface area contributed by atoms with Gasteiger partial charge in [0, 0.05) is 13.5 Å². The van der Waals surface area contributed by atoms with Crippen molar-refractivity contribution < 1.29 is 29.2 Å². The van der Waals surface area contributed by atoms with Crippen LogP contribution in [0.5, 0.6) is 0 Å². The molecule has 0 aromatic rings. The van der Waals surface area contributed by atoms with E-state index in [2.05, 4.69) is 6.92 Å². The summed E-state index contributed by atoms with van der Waals surface area (Å²) in [5.74, 6) is -0.280. The van der Waals surface area contributed by atoms with Crippen LogP contribution in [0.25, 0.3) is 0 Å². The Labute approximate surface area is 209 Å². The molecule has 0 saturated carbocycles. The molecule has 0 aromatic carbocycles. The van der Waals surface area contributed by atoms with E-state index in [4.69, 9.17) is 14.2 Å². The number of ether oxygens (including phenoxy) is 3. The molecule has 1 rings (SSSR count). The van der Waals surface area contributed by atoms with E-state index in [1.54, 1.807) is 0 Å². The lowest BCUT2D eigenvalue weighted by Crippen LogP contribution is -2.35. The number of esters is 1. The van der Waals surface area contributed by atoms with Crippen LogP contribution < -0.4 is 0 Å². The van der Waals surface area contributed by atoms with Crippen molar-refractivity contribution in [1.82, 2.24) is 0 Å². The van der Waals surface area contributed by atoms with Gasteiger partial charge in [0.15, 0.2) is 6.29 Å². The molecule has 202 valence electrons. The van der Waals surface area contributed by atoms with E-state index in [9.17, 15) is 15.0 Å². The molecular formula is C28H54O6. The van der Waals surface area contributed by atoms with E-state index in [0.29, 0.717) is 6.42 Å². The molecular weight excluding hydrogens is 432 g/mol. The summed E-state index contributed by atoms with van der Waals surface area (Å²) in [6.45, 7) is 2.22. The molecule has 0 radical (unpaired) electrons. The Morgan fingerprint density at radius 3 is 1.47 bits per heavy atom. The fraction of sp³-hybridized carbons (Fsp3) is 0.964. The summed E-state index contributed by atoms with van der Waals surface area (Å²) in [5, 5.41) is 19.6. The number of unbranched alkanes of at least 4 members (excludes halogenated alkanes) is 18. The van der Waals surface area contributed by atoms with E-state index < -0.39 is 24.6 Å². The number of rotatable bonds is 23. The van der Waals surface area contributed by atoms with Crippen molar-refractivity contribution in [3.63, 3.8) is 0 Å². The van der Waals surface area contributed by atoms with Crippen molar-refractivity contribution in [2.45, 2.75) is 160 Å². The summed E-state index contributed by atoms with van der Waals surface area (Å²) in [6.07, 6.45) is 21.7. The van der Waals surface area contributed by atoms with Gasteiger partial charge in [0.2, 0.25) is 0 Å². The minimum atomic E-state index is -1.12. The predicted octanol–water partition coefficient (Wildman–Crippen LogP) is 6.44. The summed E-state index contributed by atoms with van der Waals surface area (Å²) < 4.78 is 15.4. The van der Waals surface area contributed by atoms with Crippen molar-refractivity contribution in [3.8, 4) is 0 Å². The topological polar surface area (TPSA) is 85.2 Å². The van der Waals surface area contributed by atoms with Crippen LogP contribution in [0.1, 0.15) is 135 Å². The van der Waals surface area contributed by atoms with Crippen LogP contribution >= 0.6 is 0 Å². The molecule has 0 bridgehead atoms. The Morgan fingerprint density at radius 2 is 1.09 bits per heavy atom. The van der Waals surface area contributed by atoms with E-state index >= 15 is 0 Å². The number of methoxy groups -OCH3 is 1. The summed E-state index contributed by atoms with van der Waals surface area (Å²) in [6, 6.07) is 0. The van der Waals surface area contributed by atoms with E-state index in [1.807, 2.05) is 0 Å². The fourth-order valence-electron chi connectivity index (χ4n) is 4.64. The normalized spacial score (nSPS) is 22.4. The highest BCUT2D eigenvalue weighted by Gasteiger charge is 2.43. The number of aliphatic hydroxyl groups is 2. The molecule has 2 N–H and O–H groups in total. The highest BCUT2D eigenvalue weighted by Crippen LogP contribution is 2.22. The van der Waals surface area contributed by atoms with Crippen molar-refractivity contribution in [2.75, 3.05) is 13.7 Å². The van der Waals surface area contributed by atoms with Crippen LogP contribution in [0, 0.1) is 0 Å². The second-order valence-corrected chi connectivity index (χ2v) is 10.1. The Hall–Kier alpha value is -0.690. The molecule has 0 spiro atoms. The van der Waals surface area contributed by atoms with Gasteiger partial charge in [-0.3, -0.25) is 4.79 Å². The molecule has 1 saturated heterocycles. The van der Waals surface area contributed by atoms with Gasteiger partial charge in [0.25, 0.3) is 0 Å². The molecule has 0 aliphatic carbocycles. The quantitative estimate of drug-likeness (QED) is 0.128. The first-order valence-corrected chi connectivity index (χ1v) is 14.3. The van der Waals surface area contributed by atoms with Gasteiger partial charge in [-0.1, -0.05) is 122 Å². The molecule has 1 aliphatic heterocycles. The first-order valence-electron chi connectivity index (χ1n) is 14.3. The second kappa shape index (κ2) is 21.6. The van der Waals surface area contributed by atoms with Gasteiger partial charge < -0.3 is 24.4 Å². The lowest BCUT2D eigenvalue weighted by Gasteiger charge is -2.14. The number of aliphatic hydroxyl groups excluding tert-OH is 2. The molecule has 0 amide bonds. The van der Waals surface area contributed by atoms with Crippen LogP contribution in [0.15, 0.2) is 0 Å². The summed E-state index contributed by atoms with van der Waals surface area (Å²) in [7, 11) is 1.40. The van der Waals surface area contributed by atoms with Crippen LogP contribution in [0.4, 0.5) is 0 Å². The van der Waals surface area contributed by atoms with Crippen LogP contribution in [0.3, 0.4) is 0 Å². The lowest BCUT2D eigenvalue weighted by molar-refractivity contribution is -0.165. The third-order valence-corrected chi connectivity index (χ3v) is 6.94. The molecule has 6 heteroatoms. The van der Waals surface area contributed by atoms with Gasteiger partial charge in [-0.05, 0) is 6.42 Å². The highest BCUT2D eigenvalue weighted by atomic mass is 16.7. The largest absolute Gasteiger partial charge is 0.463 e. The molecule has 1 fully saturated rings. The minimum Gasteiger partial charge on any atom is -0.463 e. The number of carbonyl (C=O) groups is 1. The fourth-order valence-corrected chi connectivity index (χ4v) is 4.64. The summed E-state index contributed by atoms with van der Waals surface area (Å²) in [4.78, 5) is 11.9. The van der Waals surface area contributed by atoms with Gasteiger partial charge in [-0.2, -0.15) is 0 Å². The highest BCUT2D eigenvalue weighted by molar-refractivity contribution is 5.69. The molecule has 0 aromatic heterocycles. The van der Waals surface area contributed by atoms with Crippen molar-refractivity contribution in [3.05, 3.63) is 0 Å². The zero-order chi connectivity index (χ0) is 24.9. The third kappa shape index (κ3) is 15.3. The minimum absolute atomic E-state index is 0.0595. The van der Waals surface area contributed by atoms with Crippen LogP contribution in [-0.2, 0) is 19.0 Å². The van der Waals surface area contributed by atoms with Gasteiger partial charge >= 0.3 is 5.97 Å². The summed E-state index contributed by atoms with van der Waals surface area (Å²) in [5.41, 5.74) is 0. The zero-order valence-electron chi connectivity index (χ0n) is 22.2. The maximum absolute atomic E-state index is 11.9. The van der Waals surface area contributed by atoms with Gasteiger partial charge in [0.1, 0.15) is 24.9 Å². The first kappa shape index (κ1) is 31.3. The number of hydrogen-bond acceptors (Lipinski definition) is 6. The van der Waals surface area contributed by atoms with Crippen molar-refractivity contribution >= 4 is 5.97 Å². The SMILES string of the molecule is CCCCCCCCCCCCCCCCCCCCCC(=O)OC[C@H]1O[C@H](OC)[C@@H](O)[C@@H]1O. The van der Waals surface area contributed by atoms with E-state index in [1.165, 1.54) is 110 Å². The maximum Gasteiger partial charge on any atom is 0.305 e. The molecule has 1 heterocycles. The average Bonchev–Trinajstić information content (AvgIpc) is 3.12. The predicted molar refractivity (Wildman–Crippen MR) is 137 cm³/mol.